The highest BCUT2D eigenvalue weighted by Gasteiger charge is 2.30. The van der Waals surface area contributed by atoms with Crippen LogP contribution >= 0.6 is 15.6 Å². The van der Waals surface area contributed by atoms with Crippen molar-refractivity contribution in [1.29, 1.82) is 0 Å². The Morgan fingerprint density at radius 1 is 0.346 bits per heavy atom. The topological polar surface area (TPSA) is 237 Å². The minimum atomic E-state index is -4.94. The molecule has 0 aliphatic heterocycles. The predicted molar refractivity (Wildman–Crippen MR) is 308 cm³/mol. The number of carbonyl (C=O) groups is 4. The molecule has 0 aliphatic rings. The van der Waals surface area contributed by atoms with Gasteiger partial charge >= 0.3 is 39.5 Å². The van der Waals surface area contributed by atoms with Gasteiger partial charge in [-0.05, 0) is 37.5 Å². The second kappa shape index (κ2) is 51.9. The first kappa shape index (κ1) is 76.1. The monoisotopic (exact) mass is 1160 g/mol. The van der Waals surface area contributed by atoms with E-state index >= 15 is 0 Å². The molecule has 0 saturated carbocycles. The van der Waals surface area contributed by atoms with Crippen molar-refractivity contribution in [1.82, 2.24) is 0 Å². The highest BCUT2D eigenvalue weighted by atomic mass is 31.2. The Balaban J connectivity index is 5.22. The molecule has 0 bridgehead atoms. The number of phosphoric ester groups is 2. The molecule has 0 aromatic rings. The Bertz CT molecular complexity index is 1550. The van der Waals surface area contributed by atoms with Gasteiger partial charge in [-0.2, -0.15) is 0 Å². The van der Waals surface area contributed by atoms with Gasteiger partial charge in [-0.1, -0.05) is 234 Å². The highest BCUT2D eigenvalue weighted by molar-refractivity contribution is 7.47. The molecule has 0 saturated heterocycles. The van der Waals surface area contributed by atoms with E-state index in [-0.39, 0.29) is 25.7 Å². The average Bonchev–Trinajstić information content (AvgIpc) is 3.39. The smallest absolute Gasteiger partial charge is 0.462 e. The molecule has 17 nitrogen and oxygen atoms in total. The minimum absolute atomic E-state index is 0.104. The first-order chi connectivity index (χ1) is 37.4. The number of hydrogen-bond acceptors (Lipinski definition) is 15. The Morgan fingerprint density at radius 2 is 0.590 bits per heavy atom. The maximum absolute atomic E-state index is 12.9. The van der Waals surface area contributed by atoms with Gasteiger partial charge < -0.3 is 33.8 Å². The van der Waals surface area contributed by atoms with Crippen LogP contribution in [-0.2, 0) is 65.4 Å². The molecule has 0 amide bonds. The molecule has 0 aromatic heterocycles. The number of aliphatic hydroxyl groups is 1. The van der Waals surface area contributed by atoms with Crippen molar-refractivity contribution in [3.63, 3.8) is 0 Å². The molecule has 2 unspecified atom stereocenters. The van der Waals surface area contributed by atoms with Crippen LogP contribution in [0.3, 0.4) is 0 Å². The molecule has 0 radical (unpaired) electrons. The van der Waals surface area contributed by atoms with E-state index in [2.05, 4.69) is 41.5 Å². The third-order valence-electron chi connectivity index (χ3n) is 13.5. The van der Waals surface area contributed by atoms with Crippen molar-refractivity contribution in [2.45, 2.75) is 304 Å². The lowest BCUT2D eigenvalue weighted by Crippen LogP contribution is -2.30. The highest BCUT2D eigenvalue weighted by Crippen LogP contribution is 2.45. The average molecular weight is 1160 g/mol. The van der Waals surface area contributed by atoms with Crippen molar-refractivity contribution in [3.8, 4) is 0 Å². The lowest BCUT2D eigenvalue weighted by Gasteiger charge is -2.21. The van der Waals surface area contributed by atoms with Crippen molar-refractivity contribution in [2.75, 3.05) is 39.6 Å². The van der Waals surface area contributed by atoms with Gasteiger partial charge in [-0.25, -0.2) is 9.13 Å². The zero-order chi connectivity index (χ0) is 58.0. The number of rotatable bonds is 58. The first-order valence-electron chi connectivity index (χ1n) is 31.0. The van der Waals surface area contributed by atoms with Gasteiger partial charge in [0.15, 0.2) is 12.2 Å². The molecule has 5 atom stereocenters. The van der Waals surface area contributed by atoms with E-state index in [1.54, 1.807) is 0 Å². The van der Waals surface area contributed by atoms with Crippen molar-refractivity contribution in [3.05, 3.63) is 0 Å². The van der Waals surface area contributed by atoms with Crippen LogP contribution in [0.5, 0.6) is 0 Å². The fraction of sp³-hybridized carbons (Fsp3) is 0.932. The number of unbranched alkanes of at least 4 members (excludes halogenated alkanes) is 28. The van der Waals surface area contributed by atoms with E-state index in [4.69, 9.17) is 37.0 Å². The molecule has 78 heavy (non-hydrogen) atoms. The number of aliphatic hydroxyl groups excluding tert-OH is 1. The summed E-state index contributed by atoms with van der Waals surface area (Å²) in [6.45, 7) is 9.30. The summed E-state index contributed by atoms with van der Waals surface area (Å²) in [4.78, 5) is 71.8. The molecule has 0 aromatic carbocycles. The standard InChI is InChI=1S/C59H114O17P2/c1-7-9-11-13-15-18-23-31-37-43-58(63)75-54(47-69-56(61)41-35-29-22-16-14-12-10-8-2)49-73-77(65,66)71-45-53(60)46-72-78(67,68)74-50-55(48-70-57(62)42-36-30-26-25-28-34-40-52(5)6)76-59(64)44-38-32-24-20-17-19-21-27-33-39-51(3)4/h51-55,60H,7-50H2,1-6H3,(H,65,66)(H,67,68)/t53-,54+,55+/m0/s1. The first-order valence-corrected chi connectivity index (χ1v) is 34.0. The van der Waals surface area contributed by atoms with Crippen LogP contribution in [0.2, 0.25) is 0 Å². The summed E-state index contributed by atoms with van der Waals surface area (Å²) in [6.07, 6.45) is 32.3. The van der Waals surface area contributed by atoms with Crippen LogP contribution in [0, 0.1) is 11.8 Å². The van der Waals surface area contributed by atoms with Crippen LogP contribution in [0.4, 0.5) is 0 Å². The summed E-state index contributed by atoms with van der Waals surface area (Å²) >= 11 is 0. The van der Waals surface area contributed by atoms with Crippen LogP contribution in [-0.4, -0.2) is 96.7 Å². The van der Waals surface area contributed by atoms with Gasteiger partial charge in [0.1, 0.15) is 19.3 Å². The second-order valence-electron chi connectivity index (χ2n) is 22.3. The molecule has 0 aliphatic carbocycles. The van der Waals surface area contributed by atoms with E-state index in [0.717, 1.165) is 109 Å². The van der Waals surface area contributed by atoms with Crippen LogP contribution in [0.1, 0.15) is 286 Å². The summed E-state index contributed by atoms with van der Waals surface area (Å²) in [7, 11) is -9.87. The second-order valence-corrected chi connectivity index (χ2v) is 25.2. The summed E-state index contributed by atoms with van der Waals surface area (Å²) in [5, 5.41) is 10.5. The van der Waals surface area contributed by atoms with Gasteiger partial charge in [-0.3, -0.25) is 37.3 Å². The Morgan fingerprint density at radius 3 is 0.872 bits per heavy atom. The molecule has 3 N–H and O–H groups in total. The summed E-state index contributed by atoms with van der Waals surface area (Å²) in [5.74, 6) is -0.731. The van der Waals surface area contributed by atoms with Gasteiger partial charge in [0.25, 0.3) is 0 Å². The lowest BCUT2D eigenvalue weighted by molar-refractivity contribution is -0.161. The van der Waals surface area contributed by atoms with Crippen molar-refractivity contribution in [2.24, 2.45) is 11.8 Å². The maximum Gasteiger partial charge on any atom is 0.472 e. The molecular formula is C59H114O17P2. The zero-order valence-electron chi connectivity index (χ0n) is 50.0. The Kier molecular flexibility index (Phi) is 50.6. The third kappa shape index (κ3) is 53.4. The summed E-state index contributed by atoms with van der Waals surface area (Å²) < 4.78 is 67.7. The maximum atomic E-state index is 12.9. The number of esters is 4. The normalized spacial score (nSPS) is 14.4. The van der Waals surface area contributed by atoms with Gasteiger partial charge in [0.05, 0.1) is 26.4 Å². The fourth-order valence-corrected chi connectivity index (χ4v) is 10.2. The third-order valence-corrected chi connectivity index (χ3v) is 15.4. The molecular weight excluding hydrogens is 1040 g/mol. The molecule has 0 spiro atoms. The van der Waals surface area contributed by atoms with Gasteiger partial charge in [-0.15, -0.1) is 0 Å². The van der Waals surface area contributed by atoms with Gasteiger partial charge in [0, 0.05) is 25.7 Å². The molecule has 0 fully saturated rings. The fourth-order valence-electron chi connectivity index (χ4n) is 8.65. The van der Waals surface area contributed by atoms with E-state index in [9.17, 15) is 43.2 Å². The molecule has 0 heterocycles. The predicted octanol–water partition coefficient (Wildman–Crippen LogP) is 15.7. The number of hydrogen-bond donors (Lipinski definition) is 3. The SMILES string of the molecule is CCCCCCCCCCCC(=O)O[C@H](COC(=O)CCCCCCCCCC)COP(=O)(O)OC[C@H](O)COP(=O)(O)OC[C@@H](COC(=O)CCCCCCCCC(C)C)OC(=O)CCCCCCCCCCCC(C)C. The van der Waals surface area contributed by atoms with Gasteiger partial charge in [0.2, 0.25) is 0 Å². The minimum Gasteiger partial charge on any atom is -0.462 e. The van der Waals surface area contributed by atoms with Crippen molar-refractivity contribution < 1.29 is 80.2 Å². The Hall–Kier alpha value is -1.94. The number of carbonyl (C=O) groups excluding carboxylic acids is 4. The number of phosphoric acid groups is 2. The molecule has 19 heteroatoms. The molecule has 462 valence electrons. The van der Waals surface area contributed by atoms with E-state index in [1.165, 1.54) is 89.9 Å². The lowest BCUT2D eigenvalue weighted by atomic mass is 10.0. The quantitative estimate of drug-likeness (QED) is 0.0222. The Labute approximate surface area is 473 Å². The van der Waals surface area contributed by atoms with E-state index in [1.807, 2.05) is 0 Å². The van der Waals surface area contributed by atoms with Crippen molar-refractivity contribution >= 4 is 39.5 Å². The largest absolute Gasteiger partial charge is 0.472 e. The summed E-state index contributed by atoms with van der Waals surface area (Å²) in [5.41, 5.74) is 0. The van der Waals surface area contributed by atoms with Crippen LogP contribution < -0.4 is 0 Å². The van der Waals surface area contributed by atoms with E-state index < -0.39 is 97.5 Å². The van der Waals surface area contributed by atoms with E-state index in [0.29, 0.717) is 31.6 Å². The number of ether oxygens (including phenoxy) is 4. The molecule has 0 rings (SSSR count). The summed E-state index contributed by atoms with van der Waals surface area (Å²) in [6, 6.07) is 0. The van der Waals surface area contributed by atoms with Crippen LogP contribution in [0.25, 0.3) is 0 Å². The van der Waals surface area contributed by atoms with Crippen LogP contribution in [0.15, 0.2) is 0 Å². The zero-order valence-corrected chi connectivity index (χ0v) is 51.7.